The highest BCUT2D eigenvalue weighted by Gasteiger charge is 2.21. The van der Waals surface area contributed by atoms with E-state index in [2.05, 4.69) is 118 Å². The van der Waals surface area contributed by atoms with Crippen LogP contribution in [-0.4, -0.2) is 24.9 Å². The number of aromatic amines is 2. The topological polar surface area (TPSA) is 100 Å². The van der Waals surface area contributed by atoms with Gasteiger partial charge in [-0.3, -0.25) is 10.1 Å². The number of nitrogens with zero attached hydrogens (tertiary/aromatic N) is 3. The average molecular weight is 668 g/mol. The minimum atomic E-state index is -0.376. The summed E-state index contributed by atoms with van der Waals surface area (Å²) in [5, 5.41) is 11.6. The molecule has 3 aromatic heterocycles. The maximum absolute atomic E-state index is 11.6. The number of non-ortho nitro benzene ring substituents is 1. The molecule has 8 rings (SSSR count). The van der Waals surface area contributed by atoms with E-state index < -0.39 is 0 Å². The molecule has 6 aromatic rings. The van der Waals surface area contributed by atoms with Crippen molar-refractivity contribution < 1.29 is 4.92 Å². The van der Waals surface area contributed by atoms with Crippen molar-refractivity contribution in [1.82, 2.24) is 19.9 Å². The van der Waals surface area contributed by atoms with Crippen LogP contribution in [0.4, 0.5) is 5.69 Å². The van der Waals surface area contributed by atoms with Gasteiger partial charge in [-0.25, -0.2) is 9.97 Å². The van der Waals surface area contributed by atoms with E-state index in [1.54, 1.807) is 24.3 Å². The van der Waals surface area contributed by atoms with Crippen molar-refractivity contribution in [2.45, 2.75) is 41.5 Å². The van der Waals surface area contributed by atoms with Gasteiger partial charge in [0.25, 0.3) is 5.69 Å². The number of rotatable bonds is 4. The molecule has 3 aromatic carbocycles. The molecule has 51 heavy (non-hydrogen) atoms. The summed E-state index contributed by atoms with van der Waals surface area (Å²) in [6.07, 6.45) is 8.19. The second-order valence-electron chi connectivity index (χ2n) is 13.7. The first-order chi connectivity index (χ1) is 24.5. The normalized spacial score (nSPS) is 12.1. The van der Waals surface area contributed by atoms with Gasteiger partial charge in [-0.15, -0.1) is 0 Å². The Kier molecular flexibility index (Phi) is 7.64. The average Bonchev–Trinajstić information content (AvgIpc) is 3.90. The van der Waals surface area contributed by atoms with Crippen LogP contribution in [0.2, 0.25) is 0 Å². The Hall–Kier alpha value is -6.34. The van der Waals surface area contributed by atoms with Crippen LogP contribution < -0.4 is 0 Å². The van der Waals surface area contributed by atoms with Crippen LogP contribution in [0.15, 0.2) is 78.9 Å². The summed E-state index contributed by atoms with van der Waals surface area (Å²) >= 11 is 0. The van der Waals surface area contributed by atoms with Crippen molar-refractivity contribution in [3.63, 3.8) is 0 Å². The molecule has 250 valence electrons. The second-order valence-corrected chi connectivity index (χ2v) is 13.7. The SMILES string of the molecule is Cc1cc(C)c(-c2c3nc(c(-c4ccc([N+](=O)[O-])cc4)c4nc(c(-c5c(C)cc(C)cc5C)c5ccc(cc6ccc2[nH]6)[nH]5)C=C4)C=C3)c(C)c1. The number of fused-ring (bicyclic) bond motifs is 8. The fourth-order valence-corrected chi connectivity index (χ4v) is 7.86. The first-order valence-corrected chi connectivity index (χ1v) is 17.1. The van der Waals surface area contributed by atoms with Crippen LogP contribution in [0.3, 0.4) is 0 Å². The number of aromatic nitrogens is 4. The maximum atomic E-state index is 11.6. The Morgan fingerprint density at radius 2 is 0.882 bits per heavy atom. The van der Waals surface area contributed by atoms with Crippen molar-refractivity contribution in [3.05, 3.63) is 145 Å². The number of nitro groups is 1. The Labute approximate surface area is 296 Å². The van der Waals surface area contributed by atoms with Crippen LogP contribution in [0.25, 0.3) is 79.8 Å². The Balaban J connectivity index is 1.55. The third-order valence-corrected chi connectivity index (χ3v) is 9.79. The molecular formula is C44H37N5O2. The number of nitro benzene ring substituents is 1. The monoisotopic (exact) mass is 667 g/mol. The molecule has 0 unspecified atom stereocenters. The second kappa shape index (κ2) is 12.2. The Morgan fingerprint density at radius 3 is 1.27 bits per heavy atom. The van der Waals surface area contributed by atoms with E-state index in [9.17, 15) is 10.1 Å². The van der Waals surface area contributed by atoms with E-state index >= 15 is 0 Å². The van der Waals surface area contributed by atoms with Crippen LogP contribution in [0, 0.1) is 51.7 Å². The number of benzene rings is 3. The molecule has 2 aliphatic heterocycles. The molecule has 0 fully saturated rings. The van der Waals surface area contributed by atoms with Crippen molar-refractivity contribution in [2.24, 2.45) is 0 Å². The number of hydrogen-bond donors (Lipinski definition) is 2. The van der Waals surface area contributed by atoms with Gasteiger partial charge in [-0.05, 0) is 147 Å². The van der Waals surface area contributed by atoms with Crippen molar-refractivity contribution in [3.8, 4) is 33.4 Å². The predicted octanol–water partition coefficient (Wildman–Crippen LogP) is 11.4. The molecule has 0 saturated heterocycles. The smallest absolute Gasteiger partial charge is 0.269 e. The molecule has 0 saturated carbocycles. The van der Waals surface area contributed by atoms with E-state index in [1.807, 2.05) is 12.2 Å². The molecule has 0 spiro atoms. The molecule has 7 nitrogen and oxygen atoms in total. The molecule has 0 amide bonds. The maximum Gasteiger partial charge on any atom is 0.269 e. The van der Waals surface area contributed by atoms with E-state index in [0.717, 1.165) is 78.2 Å². The van der Waals surface area contributed by atoms with Gasteiger partial charge in [0.15, 0.2) is 0 Å². The van der Waals surface area contributed by atoms with Gasteiger partial charge in [0, 0.05) is 50.9 Å². The minimum Gasteiger partial charge on any atom is -0.355 e. The Bertz CT molecular complexity index is 2470. The molecule has 8 bridgehead atoms. The van der Waals surface area contributed by atoms with Crippen LogP contribution >= 0.6 is 0 Å². The van der Waals surface area contributed by atoms with Gasteiger partial charge in [-0.2, -0.15) is 0 Å². The van der Waals surface area contributed by atoms with Crippen molar-refractivity contribution in [1.29, 1.82) is 0 Å². The first-order valence-electron chi connectivity index (χ1n) is 17.1. The van der Waals surface area contributed by atoms with Gasteiger partial charge in [-0.1, -0.05) is 35.4 Å². The lowest BCUT2D eigenvalue weighted by atomic mass is 9.92. The quantitative estimate of drug-likeness (QED) is 0.144. The number of aryl methyl sites for hydroxylation is 6. The van der Waals surface area contributed by atoms with E-state index in [1.165, 1.54) is 33.4 Å². The number of nitrogens with one attached hydrogen (secondary N) is 2. The van der Waals surface area contributed by atoms with Gasteiger partial charge in [0.2, 0.25) is 0 Å². The molecule has 2 N–H and O–H groups in total. The molecule has 7 heteroatoms. The van der Waals surface area contributed by atoms with E-state index in [-0.39, 0.29) is 10.6 Å². The van der Waals surface area contributed by atoms with Crippen LogP contribution in [-0.2, 0) is 0 Å². The standard InChI is InChI=1S/C44H37N5O2/c1-24-19-26(3)40(27(4)20-24)43-36-13-9-31(45-36)23-32-10-14-37(46-32)44(41-28(5)21-25(2)22-29(41)6)39-18-16-35(48-39)42(34-15-17-38(43)47-34)30-7-11-33(12-8-30)49(50)51/h7-23,45-46H,1-6H3. The largest absolute Gasteiger partial charge is 0.355 e. The fraction of sp³-hybridized carbons (Fsp3) is 0.136. The summed E-state index contributed by atoms with van der Waals surface area (Å²) in [6.45, 7) is 12.8. The summed E-state index contributed by atoms with van der Waals surface area (Å²) in [5.74, 6) is 0. The lowest BCUT2D eigenvalue weighted by Gasteiger charge is -2.13. The Morgan fingerprint density at radius 1 is 0.490 bits per heavy atom. The van der Waals surface area contributed by atoms with E-state index in [0.29, 0.717) is 0 Å². The summed E-state index contributed by atoms with van der Waals surface area (Å²) in [4.78, 5) is 29.3. The molecule has 5 heterocycles. The zero-order chi connectivity index (χ0) is 35.6. The highest BCUT2D eigenvalue weighted by atomic mass is 16.6. The minimum absolute atomic E-state index is 0.0312. The summed E-state index contributed by atoms with van der Waals surface area (Å²) in [5.41, 5.74) is 20.0. The molecule has 0 aliphatic carbocycles. The highest BCUT2D eigenvalue weighted by Crippen LogP contribution is 2.40. The lowest BCUT2D eigenvalue weighted by molar-refractivity contribution is -0.384. The molecular weight excluding hydrogens is 631 g/mol. The predicted molar refractivity (Wildman–Crippen MR) is 210 cm³/mol. The zero-order valence-electron chi connectivity index (χ0n) is 29.5. The number of hydrogen-bond acceptors (Lipinski definition) is 4. The van der Waals surface area contributed by atoms with Gasteiger partial charge >= 0.3 is 0 Å². The summed E-state index contributed by atoms with van der Waals surface area (Å²) in [6, 6.07) is 26.1. The van der Waals surface area contributed by atoms with Crippen LogP contribution in [0.1, 0.15) is 56.2 Å². The highest BCUT2D eigenvalue weighted by molar-refractivity contribution is 5.98. The van der Waals surface area contributed by atoms with Crippen molar-refractivity contribution in [2.75, 3.05) is 0 Å². The third kappa shape index (κ3) is 5.66. The van der Waals surface area contributed by atoms with E-state index in [4.69, 9.17) is 9.97 Å². The lowest BCUT2D eigenvalue weighted by Crippen LogP contribution is -1.95. The van der Waals surface area contributed by atoms with Crippen molar-refractivity contribution >= 4 is 52.1 Å². The van der Waals surface area contributed by atoms with Crippen LogP contribution in [0.5, 0.6) is 0 Å². The fourth-order valence-electron chi connectivity index (χ4n) is 7.86. The molecule has 0 radical (unpaired) electrons. The van der Waals surface area contributed by atoms with Gasteiger partial charge in [0.05, 0.1) is 27.7 Å². The molecule has 2 aliphatic rings. The summed E-state index contributed by atoms with van der Waals surface area (Å²) < 4.78 is 0. The summed E-state index contributed by atoms with van der Waals surface area (Å²) in [7, 11) is 0. The molecule has 0 atom stereocenters. The third-order valence-electron chi connectivity index (χ3n) is 9.79. The zero-order valence-corrected chi connectivity index (χ0v) is 29.5. The first kappa shape index (κ1) is 31.9. The number of H-pyrrole nitrogens is 2. The van der Waals surface area contributed by atoms with Gasteiger partial charge < -0.3 is 9.97 Å². The van der Waals surface area contributed by atoms with Gasteiger partial charge in [0.1, 0.15) is 0 Å².